The number of rotatable bonds is 4. The average Bonchev–Trinajstić information content (AvgIpc) is 3.02. The Morgan fingerprint density at radius 2 is 2.03 bits per heavy atom. The van der Waals surface area contributed by atoms with Gasteiger partial charge in [-0.3, -0.25) is 20.5 Å². The zero-order chi connectivity index (χ0) is 24.6. The van der Waals surface area contributed by atoms with Gasteiger partial charge in [-0.15, -0.1) is 0 Å². The lowest BCUT2D eigenvalue weighted by Crippen LogP contribution is -2.38. The minimum absolute atomic E-state index is 0. The summed E-state index contributed by atoms with van der Waals surface area (Å²) in [5.74, 6) is -0.184. The third-order valence-electron chi connectivity index (χ3n) is 7.09. The molecule has 1 aromatic carbocycles. The van der Waals surface area contributed by atoms with Gasteiger partial charge in [-0.05, 0) is 75.4 Å². The Bertz CT molecular complexity index is 1120. The first-order valence-electron chi connectivity index (χ1n) is 12.0. The van der Waals surface area contributed by atoms with Crippen molar-refractivity contribution in [2.45, 2.75) is 71.6 Å². The average molecular weight is 466 g/mol. The largest absolute Gasteiger partial charge is 0.342 e. The molecule has 0 aromatic heterocycles. The van der Waals surface area contributed by atoms with Gasteiger partial charge < -0.3 is 10.2 Å². The molecule has 0 saturated carbocycles. The van der Waals surface area contributed by atoms with Crippen molar-refractivity contribution in [3.8, 4) is 0 Å². The summed E-state index contributed by atoms with van der Waals surface area (Å²) in [6, 6.07) is 3.32. The monoisotopic (exact) mass is 465 g/mol. The van der Waals surface area contributed by atoms with Crippen molar-refractivity contribution in [1.82, 2.24) is 15.1 Å². The second-order valence-electron chi connectivity index (χ2n) is 9.81. The number of hydrogen-bond donors (Lipinski definition) is 3. The van der Waals surface area contributed by atoms with Crippen molar-refractivity contribution in [3.05, 3.63) is 70.1 Å². The highest BCUT2D eigenvalue weighted by Gasteiger charge is 2.30. The lowest BCUT2D eigenvalue weighted by atomic mass is 9.95. The number of carbonyl (C=O) groups is 1. The van der Waals surface area contributed by atoms with Crippen LogP contribution in [0.3, 0.4) is 0 Å². The van der Waals surface area contributed by atoms with Gasteiger partial charge in [-0.25, -0.2) is 4.39 Å². The van der Waals surface area contributed by atoms with Gasteiger partial charge in [0.25, 0.3) is 5.91 Å². The number of nitrogens with zero attached hydrogens (tertiary/aromatic N) is 2. The topological polar surface area (TPSA) is 83.3 Å². The maximum atomic E-state index is 14.9. The molecule has 182 valence electrons. The van der Waals surface area contributed by atoms with Crippen LogP contribution in [0.25, 0.3) is 0 Å². The number of hydrogen-bond acceptors (Lipinski definition) is 4. The molecule has 1 aliphatic carbocycles. The van der Waals surface area contributed by atoms with Crippen LogP contribution in [0, 0.1) is 16.6 Å². The smallest absolute Gasteiger partial charge is 0.254 e. The van der Waals surface area contributed by atoms with Crippen LogP contribution in [0.5, 0.6) is 0 Å². The zero-order valence-electron chi connectivity index (χ0n) is 20.4. The summed E-state index contributed by atoms with van der Waals surface area (Å²) in [5, 5.41) is 19.7. The van der Waals surface area contributed by atoms with Crippen LogP contribution in [0.4, 0.5) is 4.39 Å². The van der Waals surface area contributed by atoms with Gasteiger partial charge in [0.05, 0.1) is 11.6 Å². The van der Waals surface area contributed by atoms with E-state index in [9.17, 15) is 9.18 Å². The Balaban J connectivity index is 0.00000342. The van der Waals surface area contributed by atoms with Gasteiger partial charge in [-0.2, -0.15) is 0 Å². The van der Waals surface area contributed by atoms with E-state index < -0.39 is 17.8 Å². The predicted molar refractivity (Wildman–Crippen MR) is 136 cm³/mol. The van der Waals surface area contributed by atoms with Crippen molar-refractivity contribution in [3.63, 3.8) is 0 Å². The summed E-state index contributed by atoms with van der Waals surface area (Å²) in [4.78, 5) is 17.2. The summed E-state index contributed by atoms with van der Waals surface area (Å²) in [6.45, 7) is 9.82. The van der Waals surface area contributed by atoms with E-state index >= 15 is 0 Å². The lowest BCUT2D eigenvalue weighted by Gasteiger charge is -2.32. The van der Waals surface area contributed by atoms with Crippen LogP contribution in [0.15, 0.2) is 47.6 Å². The van der Waals surface area contributed by atoms with Crippen LogP contribution in [0.2, 0.25) is 0 Å². The number of allylic oxidation sites excluding steroid dienone is 2. The molecule has 0 radical (unpaired) electrons. The van der Waals surface area contributed by atoms with Crippen LogP contribution >= 0.6 is 0 Å². The van der Waals surface area contributed by atoms with Crippen molar-refractivity contribution in [2.24, 2.45) is 0 Å². The fraction of sp³-hybridized carbons (Fsp3) is 0.444. The summed E-state index contributed by atoms with van der Waals surface area (Å²) in [5.41, 5.74) is 3.59. The predicted octanol–water partition coefficient (Wildman–Crippen LogP) is 4.82. The molecule has 4 rings (SSSR count). The number of amides is 1. The fourth-order valence-corrected chi connectivity index (χ4v) is 4.91. The number of nitrogens with one attached hydrogen (secondary N) is 3. The van der Waals surface area contributed by atoms with Gasteiger partial charge in [0, 0.05) is 38.6 Å². The highest BCUT2D eigenvalue weighted by molar-refractivity contribution is 6.09. The Morgan fingerprint density at radius 1 is 1.26 bits per heavy atom. The van der Waals surface area contributed by atoms with E-state index in [1.807, 2.05) is 38.2 Å². The van der Waals surface area contributed by atoms with Gasteiger partial charge in [0.1, 0.15) is 17.5 Å². The molecular weight excluding hydrogens is 429 g/mol. The molecule has 3 aliphatic rings. The summed E-state index contributed by atoms with van der Waals surface area (Å²) < 4.78 is 14.9. The van der Waals surface area contributed by atoms with Crippen molar-refractivity contribution in [2.75, 3.05) is 6.54 Å². The SMILES string of the molecule is CC1=CC(C(=N)N2C(=N)CC[C@H]2C)=CC=CC1NC(=O)c1cc2c(cc1F)CCN(C(C)C)C2.[HH]. The fourth-order valence-electron chi connectivity index (χ4n) is 4.91. The van der Waals surface area contributed by atoms with E-state index in [0.717, 1.165) is 42.6 Å². The quantitative estimate of drug-likeness (QED) is 0.440. The number of amidine groups is 2. The first-order valence-corrected chi connectivity index (χ1v) is 12.0. The molecule has 2 heterocycles. The Labute approximate surface area is 202 Å². The van der Waals surface area contributed by atoms with Crippen LogP contribution < -0.4 is 5.32 Å². The molecule has 6 nitrogen and oxygen atoms in total. The third kappa shape index (κ3) is 4.75. The Kier molecular flexibility index (Phi) is 6.84. The van der Waals surface area contributed by atoms with Crippen molar-refractivity contribution in [1.29, 1.82) is 10.8 Å². The second kappa shape index (κ2) is 9.66. The van der Waals surface area contributed by atoms with E-state index in [-0.39, 0.29) is 13.0 Å². The zero-order valence-corrected chi connectivity index (χ0v) is 20.4. The first kappa shape index (κ1) is 24.1. The Morgan fingerprint density at radius 3 is 2.71 bits per heavy atom. The maximum absolute atomic E-state index is 14.9. The molecule has 1 fully saturated rings. The van der Waals surface area contributed by atoms with Gasteiger partial charge >= 0.3 is 0 Å². The molecule has 1 unspecified atom stereocenters. The standard InChI is InChI=1S/C27H34FN5O.H2/c1-16(2)32-11-10-19-14-23(28)22(13-21(19)15-32)27(34)31-24-7-5-6-20(12-17(24)3)26(30)33-18(4)8-9-25(33)29;/h5-7,12-14,16,18,24,29-30H,8-11,15H2,1-4H3,(H,31,34);1H/t18-,24?;/m1./s1. The molecule has 2 atom stereocenters. The summed E-state index contributed by atoms with van der Waals surface area (Å²) in [6.07, 6.45) is 9.69. The number of likely N-dealkylation sites (tertiary alicyclic amines) is 1. The number of fused-ring (bicyclic) bond motifs is 1. The third-order valence-corrected chi connectivity index (χ3v) is 7.09. The molecule has 1 aromatic rings. The van der Waals surface area contributed by atoms with E-state index in [0.29, 0.717) is 29.7 Å². The van der Waals surface area contributed by atoms with E-state index in [4.69, 9.17) is 10.8 Å². The van der Waals surface area contributed by atoms with Crippen LogP contribution in [-0.4, -0.2) is 52.0 Å². The molecule has 2 aliphatic heterocycles. The highest BCUT2D eigenvalue weighted by Crippen LogP contribution is 2.26. The number of halogens is 1. The van der Waals surface area contributed by atoms with Crippen molar-refractivity contribution >= 4 is 17.6 Å². The minimum atomic E-state index is -0.490. The summed E-state index contributed by atoms with van der Waals surface area (Å²) >= 11 is 0. The lowest BCUT2D eigenvalue weighted by molar-refractivity contribution is 0.0944. The highest BCUT2D eigenvalue weighted by atomic mass is 19.1. The molecule has 0 spiro atoms. The molecular formula is C27H36FN5O. The van der Waals surface area contributed by atoms with E-state index in [2.05, 4.69) is 24.1 Å². The number of benzene rings is 1. The van der Waals surface area contributed by atoms with E-state index in [1.54, 1.807) is 11.0 Å². The summed E-state index contributed by atoms with van der Waals surface area (Å²) in [7, 11) is 0. The van der Waals surface area contributed by atoms with Crippen LogP contribution in [0.1, 0.15) is 63.4 Å². The van der Waals surface area contributed by atoms with Crippen LogP contribution in [-0.2, 0) is 13.0 Å². The normalized spacial score (nSPS) is 22.9. The molecule has 0 bridgehead atoms. The molecule has 34 heavy (non-hydrogen) atoms. The molecule has 1 amide bonds. The molecule has 3 N–H and O–H groups in total. The van der Waals surface area contributed by atoms with Gasteiger partial charge in [-0.1, -0.05) is 18.2 Å². The second-order valence-corrected chi connectivity index (χ2v) is 9.81. The molecule has 1 saturated heterocycles. The van der Waals surface area contributed by atoms with Gasteiger partial charge in [0.2, 0.25) is 0 Å². The maximum Gasteiger partial charge on any atom is 0.254 e. The molecule has 7 heteroatoms. The van der Waals surface area contributed by atoms with E-state index in [1.165, 1.54) is 6.07 Å². The Hall–Kier alpha value is -3.06. The van der Waals surface area contributed by atoms with Gasteiger partial charge in [0.15, 0.2) is 0 Å². The minimum Gasteiger partial charge on any atom is -0.342 e. The first-order chi connectivity index (χ1) is 16.2. The van der Waals surface area contributed by atoms with Crippen molar-refractivity contribution < 1.29 is 10.6 Å². The number of carbonyl (C=O) groups excluding carboxylic acids is 1.